The SMILES string of the molecule is COc1ccccc1C(=O)N1c2cccc(C(C(N)=O)c3ccc(Cl)cc3)c2C(C(=O)O)CC1C. The second-order valence-electron chi connectivity index (χ2n) is 8.52. The molecular weight excluding hydrogens is 468 g/mol. The number of aliphatic carboxylic acids is 1. The summed E-state index contributed by atoms with van der Waals surface area (Å²) in [5, 5.41) is 10.6. The molecule has 1 aliphatic heterocycles. The lowest BCUT2D eigenvalue weighted by Crippen LogP contribution is -2.45. The molecule has 0 aromatic heterocycles. The van der Waals surface area contributed by atoms with Gasteiger partial charge < -0.3 is 20.5 Å². The minimum absolute atomic E-state index is 0.173. The summed E-state index contributed by atoms with van der Waals surface area (Å²) in [6.45, 7) is 1.81. The number of nitrogens with two attached hydrogens (primary N) is 1. The first kappa shape index (κ1) is 24.3. The zero-order chi connectivity index (χ0) is 25.3. The number of nitrogens with zero attached hydrogens (tertiary/aromatic N) is 1. The second-order valence-corrected chi connectivity index (χ2v) is 8.95. The molecule has 3 aromatic rings. The number of benzene rings is 3. The molecule has 0 radical (unpaired) electrons. The summed E-state index contributed by atoms with van der Waals surface area (Å²) in [6.07, 6.45) is 0.173. The van der Waals surface area contributed by atoms with Crippen molar-refractivity contribution >= 4 is 35.1 Å². The Balaban J connectivity index is 1.93. The largest absolute Gasteiger partial charge is 0.496 e. The number of primary amides is 1. The van der Waals surface area contributed by atoms with Crippen LogP contribution in [-0.2, 0) is 9.59 Å². The van der Waals surface area contributed by atoms with Crippen LogP contribution < -0.4 is 15.4 Å². The van der Waals surface area contributed by atoms with E-state index in [1.807, 2.05) is 6.92 Å². The maximum atomic E-state index is 13.7. The van der Waals surface area contributed by atoms with Crippen LogP contribution in [0.1, 0.15) is 52.2 Å². The van der Waals surface area contributed by atoms with Crippen molar-refractivity contribution in [2.45, 2.75) is 31.2 Å². The molecule has 0 saturated heterocycles. The van der Waals surface area contributed by atoms with Gasteiger partial charge in [-0.2, -0.15) is 0 Å². The number of amides is 2. The molecule has 0 bridgehead atoms. The molecule has 8 heteroatoms. The standard InChI is InChI=1S/C27H25ClN2O5/c1-15-14-20(27(33)34)24-19(23(25(29)31)16-10-12-17(28)13-11-16)7-5-8-21(24)30(15)26(32)18-6-3-4-9-22(18)35-2/h3-13,15,20,23H,14H2,1-2H3,(H2,29,31)(H,33,34). The van der Waals surface area contributed by atoms with Crippen LogP contribution in [0.3, 0.4) is 0 Å². The number of carboxylic acid groups (broad SMARTS) is 1. The van der Waals surface area contributed by atoms with Gasteiger partial charge in [0.25, 0.3) is 5.91 Å². The number of ether oxygens (including phenoxy) is 1. The molecule has 35 heavy (non-hydrogen) atoms. The smallest absolute Gasteiger partial charge is 0.311 e. The lowest BCUT2D eigenvalue weighted by atomic mass is 9.77. The van der Waals surface area contributed by atoms with Crippen LogP contribution in [0.15, 0.2) is 66.7 Å². The Morgan fingerprint density at radius 3 is 2.37 bits per heavy atom. The fraction of sp³-hybridized carbons (Fsp3) is 0.222. The Hall–Kier alpha value is -3.84. The van der Waals surface area contributed by atoms with Crippen molar-refractivity contribution in [2.24, 2.45) is 5.73 Å². The number of hydrogen-bond acceptors (Lipinski definition) is 4. The van der Waals surface area contributed by atoms with Crippen LogP contribution in [0.5, 0.6) is 5.75 Å². The van der Waals surface area contributed by atoms with E-state index in [4.69, 9.17) is 22.1 Å². The molecule has 3 aromatic carbocycles. The van der Waals surface area contributed by atoms with Crippen molar-refractivity contribution < 1.29 is 24.2 Å². The molecule has 180 valence electrons. The zero-order valence-electron chi connectivity index (χ0n) is 19.3. The number of hydrogen-bond donors (Lipinski definition) is 2. The van der Waals surface area contributed by atoms with Crippen molar-refractivity contribution in [3.63, 3.8) is 0 Å². The number of rotatable bonds is 6. The summed E-state index contributed by atoms with van der Waals surface area (Å²) in [5.74, 6) is -3.41. The molecule has 1 heterocycles. The van der Waals surface area contributed by atoms with Gasteiger partial charge in [0.05, 0.1) is 24.5 Å². The van der Waals surface area contributed by atoms with Gasteiger partial charge in [0.2, 0.25) is 5.91 Å². The fourth-order valence-electron chi connectivity index (χ4n) is 4.85. The molecule has 3 N–H and O–H groups in total. The highest BCUT2D eigenvalue weighted by Crippen LogP contribution is 2.45. The Morgan fingerprint density at radius 2 is 1.74 bits per heavy atom. The van der Waals surface area contributed by atoms with Gasteiger partial charge in [0.1, 0.15) is 5.75 Å². The molecule has 3 unspecified atom stereocenters. The average molecular weight is 493 g/mol. The summed E-state index contributed by atoms with van der Waals surface area (Å²) < 4.78 is 5.39. The van der Waals surface area contributed by atoms with Crippen molar-refractivity contribution in [1.29, 1.82) is 0 Å². The second kappa shape index (κ2) is 9.80. The van der Waals surface area contributed by atoms with E-state index in [1.54, 1.807) is 71.6 Å². The van der Waals surface area contributed by atoms with E-state index in [0.717, 1.165) is 0 Å². The van der Waals surface area contributed by atoms with Gasteiger partial charge in [-0.3, -0.25) is 14.4 Å². The quantitative estimate of drug-likeness (QED) is 0.523. The molecule has 0 saturated carbocycles. The molecule has 0 fully saturated rings. The van der Waals surface area contributed by atoms with E-state index in [1.165, 1.54) is 7.11 Å². The molecule has 1 aliphatic rings. The van der Waals surface area contributed by atoms with Gasteiger partial charge in [-0.1, -0.05) is 48.0 Å². The maximum absolute atomic E-state index is 13.7. The predicted octanol–water partition coefficient (Wildman–Crippen LogP) is 4.57. The number of carboxylic acids is 1. The summed E-state index contributed by atoms with van der Waals surface area (Å²) in [4.78, 5) is 40.4. The minimum atomic E-state index is -1.03. The molecular formula is C27H25ClN2O5. The minimum Gasteiger partial charge on any atom is -0.496 e. The van der Waals surface area contributed by atoms with E-state index in [9.17, 15) is 19.5 Å². The summed E-state index contributed by atoms with van der Waals surface area (Å²) >= 11 is 6.03. The topological polar surface area (TPSA) is 110 Å². The first-order valence-corrected chi connectivity index (χ1v) is 11.5. The third-order valence-corrected chi connectivity index (χ3v) is 6.65. The number of carbonyl (C=O) groups is 3. The van der Waals surface area contributed by atoms with Gasteiger partial charge in [-0.25, -0.2) is 0 Å². The predicted molar refractivity (Wildman–Crippen MR) is 133 cm³/mol. The monoisotopic (exact) mass is 492 g/mol. The van der Waals surface area contributed by atoms with E-state index < -0.39 is 29.8 Å². The van der Waals surface area contributed by atoms with Crippen LogP contribution in [0.2, 0.25) is 5.02 Å². The van der Waals surface area contributed by atoms with Crippen molar-refractivity contribution in [1.82, 2.24) is 0 Å². The molecule has 0 aliphatic carbocycles. The normalized spacial score (nSPS) is 17.9. The number of para-hydroxylation sites is 1. The first-order valence-electron chi connectivity index (χ1n) is 11.1. The lowest BCUT2D eigenvalue weighted by Gasteiger charge is -2.40. The van der Waals surface area contributed by atoms with Crippen LogP contribution in [-0.4, -0.2) is 36.0 Å². The maximum Gasteiger partial charge on any atom is 0.311 e. The van der Waals surface area contributed by atoms with E-state index >= 15 is 0 Å². The molecule has 7 nitrogen and oxygen atoms in total. The molecule has 2 amide bonds. The van der Waals surface area contributed by atoms with Gasteiger partial charge >= 0.3 is 5.97 Å². The number of fused-ring (bicyclic) bond motifs is 1. The van der Waals surface area contributed by atoms with Crippen LogP contribution in [0.25, 0.3) is 0 Å². The Labute approximate surface area is 208 Å². The van der Waals surface area contributed by atoms with Crippen LogP contribution in [0, 0.1) is 0 Å². The summed E-state index contributed by atoms with van der Waals surface area (Å²) in [5.41, 5.74) is 8.06. The van der Waals surface area contributed by atoms with E-state index in [2.05, 4.69) is 0 Å². The average Bonchev–Trinajstić information content (AvgIpc) is 2.84. The van der Waals surface area contributed by atoms with Crippen LogP contribution in [0.4, 0.5) is 5.69 Å². The van der Waals surface area contributed by atoms with Gasteiger partial charge in [0.15, 0.2) is 0 Å². The van der Waals surface area contributed by atoms with Crippen LogP contribution >= 0.6 is 11.6 Å². The number of methoxy groups -OCH3 is 1. The van der Waals surface area contributed by atoms with E-state index in [0.29, 0.717) is 38.7 Å². The fourth-order valence-corrected chi connectivity index (χ4v) is 4.98. The van der Waals surface area contributed by atoms with Gasteiger partial charge in [-0.15, -0.1) is 0 Å². The Kier molecular flexibility index (Phi) is 6.80. The molecule has 4 rings (SSSR count). The van der Waals surface area contributed by atoms with E-state index in [-0.39, 0.29) is 12.3 Å². The van der Waals surface area contributed by atoms with Crippen molar-refractivity contribution in [3.8, 4) is 5.75 Å². The summed E-state index contributed by atoms with van der Waals surface area (Å²) in [6, 6.07) is 18.2. The Bertz CT molecular complexity index is 1290. The lowest BCUT2D eigenvalue weighted by molar-refractivity contribution is -0.139. The van der Waals surface area contributed by atoms with Gasteiger partial charge in [-0.05, 0) is 60.4 Å². The van der Waals surface area contributed by atoms with Gasteiger partial charge in [0, 0.05) is 16.8 Å². The number of carbonyl (C=O) groups excluding carboxylic acids is 2. The number of anilines is 1. The zero-order valence-corrected chi connectivity index (χ0v) is 20.0. The highest BCUT2D eigenvalue weighted by molar-refractivity contribution is 6.30. The molecule has 3 atom stereocenters. The third-order valence-electron chi connectivity index (χ3n) is 6.40. The first-order chi connectivity index (χ1) is 16.7. The van der Waals surface area contributed by atoms with Crippen molar-refractivity contribution in [3.05, 3.63) is 94.0 Å². The highest BCUT2D eigenvalue weighted by Gasteiger charge is 2.41. The highest BCUT2D eigenvalue weighted by atomic mass is 35.5. The molecule has 0 spiro atoms. The number of halogens is 1. The van der Waals surface area contributed by atoms with Crippen molar-refractivity contribution in [2.75, 3.05) is 12.0 Å². The summed E-state index contributed by atoms with van der Waals surface area (Å²) in [7, 11) is 1.49. The Morgan fingerprint density at radius 1 is 1.06 bits per heavy atom. The third kappa shape index (κ3) is 4.47.